The van der Waals surface area contributed by atoms with Crippen molar-refractivity contribution < 1.29 is 14.2 Å². The van der Waals surface area contributed by atoms with Gasteiger partial charge in [0.25, 0.3) is 0 Å². The number of hydrogen-bond acceptors (Lipinski definition) is 7. The zero-order valence-electron chi connectivity index (χ0n) is 18.0. The van der Waals surface area contributed by atoms with Gasteiger partial charge in [-0.1, -0.05) is 0 Å². The summed E-state index contributed by atoms with van der Waals surface area (Å²) in [5.41, 5.74) is 2.13. The molecule has 0 saturated carbocycles. The molecule has 1 atom stereocenters. The lowest BCUT2D eigenvalue weighted by Crippen LogP contribution is -2.32. The van der Waals surface area contributed by atoms with Crippen molar-refractivity contribution in [3.63, 3.8) is 0 Å². The topological polar surface area (TPSA) is 60.0 Å². The lowest BCUT2D eigenvalue weighted by atomic mass is 10.1. The van der Waals surface area contributed by atoms with Gasteiger partial charge in [0.1, 0.15) is 11.5 Å². The third kappa shape index (κ3) is 5.21. The summed E-state index contributed by atoms with van der Waals surface area (Å²) in [7, 11) is 3.40. The van der Waals surface area contributed by atoms with Crippen LogP contribution in [0.15, 0.2) is 30.5 Å². The van der Waals surface area contributed by atoms with E-state index in [1.807, 2.05) is 24.4 Å². The highest BCUT2D eigenvalue weighted by Crippen LogP contribution is 2.27. The van der Waals surface area contributed by atoms with E-state index in [9.17, 15) is 0 Å². The molecule has 0 bridgehead atoms. The monoisotopic (exact) mass is 412 g/mol. The Bertz CT molecular complexity index is 820. The summed E-state index contributed by atoms with van der Waals surface area (Å²) < 4.78 is 17.0. The molecule has 0 aliphatic carbocycles. The fraction of sp³-hybridized carbons (Fsp3) is 0.565. The largest absolute Gasteiger partial charge is 0.497 e. The van der Waals surface area contributed by atoms with Crippen molar-refractivity contribution in [1.82, 2.24) is 14.9 Å². The summed E-state index contributed by atoms with van der Waals surface area (Å²) in [6, 6.07) is 7.97. The lowest BCUT2D eigenvalue weighted by molar-refractivity contribution is 0.0672. The van der Waals surface area contributed by atoms with Crippen LogP contribution in [0.2, 0.25) is 0 Å². The number of nitrogens with zero attached hydrogens (tertiary/aromatic N) is 4. The fourth-order valence-corrected chi connectivity index (χ4v) is 4.28. The molecule has 1 aromatic heterocycles. The molecule has 0 spiro atoms. The minimum absolute atomic E-state index is 0.265. The average molecular weight is 413 g/mol. The first-order valence-electron chi connectivity index (χ1n) is 10.9. The Morgan fingerprint density at radius 1 is 1.10 bits per heavy atom. The third-order valence-electron chi connectivity index (χ3n) is 5.84. The first-order valence-corrected chi connectivity index (χ1v) is 10.9. The molecule has 0 amide bonds. The van der Waals surface area contributed by atoms with Gasteiger partial charge < -0.3 is 19.1 Å². The molecule has 2 aromatic rings. The maximum Gasteiger partial charge on any atom is 0.225 e. The van der Waals surface area contributed by atoms with E-state index >= 15 is 0 Å². The summed E-state index contributed by atoms with van der Waals surface area (Å²) in [6.45, 7) is 5.29. The van der Waals surface area contributed by atoms with Crippen molar-refractivity contribution in [3.05, 3.63) is 41.7 Å². The van der Waals surface area contributed by atoms with E-state index in [0.717, 1.165) is 80.9 Å². The SMILES string of the molecule is COc1ccc(OC)c(CN(Cc2ccnc(N3CCCC3)n2)CC2CCCO2)c1. The number of hydrogen-bond donors (Lipinski definition) is 0. The van der Waals surface area contributed by atoms with Crippen LogP contribution in [-0.4, -0.2) is 61.4 Å². The van der Waals surface area contributed by atoms with Gasteiger partial charge in [-0.25, -0.2) is 9.97 Å². The molecule has 3 heterocycles. The standard InChI is InChI=1S/C23H32N4O3/c1-28-20-7-8-22(29-2)18(14-20)15-26(17-21-6-5-13-30-21)16-19-9-10-24-23(25-19)27-11-3-4-12-27/h7-10,14,21H,3-6,11-13,15-17H2,1-2H3. The number of aromatic nitrogens is 2. The number of benzene rings is 1. The molecule has 162 valence electrons. The summed E-state index contributed by atoms with van der Waals surface area (Å²) in [5.74, 6) is 2.55. The first-order chi connectivity index (χ1) is 14.7. The van der Waals surface area contributed by atoms with Crippen LogP contribution in [-0.2, 0) is 17.8 Å². The molecule has 2 aliphatic rings. The van der Waals surface area contributed by atoms with Gasteiger partial charge in [0.2, 0.25) is 5.95 Å². The first kappa shape index (κ1) is 20.9. The van der Waals surface area contributed by atoms with Crippen molar-refractivity contribution in [3.8, 4) is 11.5 Å². The molecule has 2 saturated heterocycles. The summed E-state index contributed by atoms with van der Waals surface area (Å²) in [5, 5.41) is 0. The molecule has 2 fully saturated rings. The normalized spacial score (nSPS) is 18.9. The highest BCUT2D eigenvalue weighted by molar-refractivity contribution is 5.40. The molecular weight excluding hydrogens is 380 g/mol. The van der Waals surface area contributed by atoms with E-state index < -0.39 is 0 Å². The number of rotatable bonds is 9. The van der Waals surface area contributed by atoms with E-state index in [1.54, 1.807) is 14.2 Å². The van der Waals surface area contributed by atoms with Crippen LogP contribution in [0, 0.1) is 0 Å². The van der Waals surface area contributed by atoms with Gasteiger partial charge in [-0.3, -0.25) is 4.90 Å². The zero-order valence-corrected chi connectivity index (χ0v) is 18.0. The molecule has 4 rings (SSSR count). The molecule has 2 aliphatic heterocycles. The van der Waals surface area contributed by atoms with Crippen molar-refractivity contribution in [2.24, 2.45) is 0 Å². The average Bonchev–Trinajstić information content (AvgIpc) is 3.48. The third-order valence-corrected chi connectivity index (χ3v) is 5.84. The smallest absolute Gasteiger partial charge is 0.225 e. The summed E-state index contributed by atoms with van der Waals surface area (Å²) >= 11 is 0. The predicted octanol–water partition coefficient (Wildman–Crippen LogP) is 3.28. The summed E-state index contributed by atoms with van der Waals surface area (Å²) in [6.07, 6.45) is 6.82. The quantitative estimate of drug-likeness (QED) is 0.626. The van der Waals surface area contributed by atoms with Gasteiger partial charge in [-0.15, -0.1) is 0 Å². The Balaban J connectivity index is 1.53. The fourth-order valence-electron chi connectivity index (χ4n) is 4.28. The van der Waals surface area contributed by atoms with Gasteiger partial charge in [0, 0.05) is 51.1 Å². The number of anilines is 1. The minimum Gasteiger partial charge on any atom is -0.497 e. The van der Waals surface area contributed by atoms with Gasteiger partial charge >= 0.3 is 0 Å². The van der Waals surface area contributed by atoms with Gasteiger partial charge in [-0.05, 0) is 49.9 Å². The Morgan fingerprint density at radius 3 is 2.70 bits per heavy atom. The van der Waals surface area contributed by atoms with Crippen LogP contribution in [0.5, 0.6) is 11.5 Å². The molecule has 1 aromatic carbocycles. The van der Waals surface area contributed by atoms with Crippen LogP contribution in [0.4, 0.5) is 5.95 Å². The van der Waals surface area contributed by atoms with Gasteiger partial charge in [0.05, 0.1) is 26.0 Å². The Labute approximate surface area is 179 Å². The Kier molecular flexibility index (Phi) is 7.02. The van der Waals surface area contributed by atoms with Crippen molar-refractivity contribution in [2.45, 2.75) is 44.9 Å². The van der Waals surface area contributed by atoms with E-state index in [0.29, 0.717) is 0 Å². The second-order valence-corrected chi connectivity index (χ2v) is 8.02. The van der Waals surface area contributed by atoms with Crippen LogP contribution in [0.25, 0.3) is 0 Å². The van der Waals surface area contributed by atoms with E-state index in [2.05, 4.69) is 20.9 Å². The van der Waals surface area contributed by atoms with E-state index in [-0.39, 0.29) is 6.10 Å². The highest BCUT2D eigenvalue weighted by atomic mass is 16.5. The van der Waals surface area contributed by atoms with Crippen molar-refractivity contribution in [1.29, 1.82) is 0 Å². The number of ether oxygens (including phenoxy) is 3. The van der Waals surface area contributed by atoms with Crippen LogP contribution in [0.3, 0.4) is 0 Å². The molecule has 7 nitrogen and oxygen atoms in total. The maximum absolute atomic E-state index is 5.93. The Morgan fingerprint density at radius 2 is 1.97 bits per heavy atom. The molecule has 0 N–H and O–H groups in total. The van der Waals surface area contributed by atoms with Crippen molar-refractivity contribution in [2.75, 3.05) is 45.4 Å². The van der Waals surface area contributed by atoms with Crippen LogP contribution < -0.4 is 14.4 Å². The minimum atomic E-state index is 0.265. The summed E-state index contributed by atoms with van der Waals surface area (Å²) in [4.78, 5) is 14.0. The lowest BCUT2D eigenvalue weighted by Gasteiger charge is -2.26. The molecule has 0 radical (unpaired) electrons. The predicted molar refractivity (Wildman–Crippen MR) is 116 cm³/mol. The number of methoxy groups -OCH3 is 2. The van der Waals surface area contributed by atoms with E-state index in [1.165, 1.54) is 12.8 Å². The maximum atomic E-state index is 5.93. The molecule has 1 unspecified atom stereocenters. The second-order valence-electron chi connectivity index (χ2n) is 8.02. The van der Waals surface area contributed by atoms with Crippen LogP contribution in [0.1, 0.15) is 36.9 Å². The van der Waals surface area contributed by atoms with E-state index in [4.69, 9.17) is 19.2 Å². The molecule has 7 heteroatoms. The van der Waals surface area contributed by atoms with Crippen LogP contribution >= 0.6 is 0 Å². The van der Waals surface area contributed by atoms with Crippen molar-refractivity contribution >= 4 is 5.95 Å². The molecular formula is C23H32N4O3. The second kappa shape index (κ2) is 10.1. The Hall–Kier alpha value is -2.38. The molecule has 30 heavy (non-hydrogen) atoms. The van der Waals surface area contributed by atoms with Gasteiger partial charge in [-0.2, -0.15) is 0 Å². The zero-order chi connectivity index (χ0) is 20.8. The highest BCUT2D eigenvalue weighted by Gasteiger charge is 2.22. The van der Waals surface area contributed by atoms with Gasteiger partial charge in [0.15, 0.2) is 0 Å².